The van der Waals surface area contributed by atoms with Gasteiger partial charge >= 0.3 is 5.63 Å². The molecule has 0 bridgehead atoms. The molecule has 32 heavy (non-hydrogen) atoms. The van der Waals surface area contributed by atoms with Gasteiger partial charge in [-0.15, -0.1) is 24.8 Å². The molecular formula is C24H27Cl2N3O3. The smallest absolute Gasteiger partial charge is 0.336 e. The molecule has 0 saturated carbocycles. The fourth-order valence-electron chi connectivity index (χ4n) is 4.18. The minimum atomic E-state index is -0.379. The highest BCUT2D eigenvalue weighted by Gasteiger charge is 2.19. The molecule has 170 valence electrons. The molecule has 1 aromatic carbocycles. The second kappa shape index (κ2) is 9.63. The summed E-state index contributed by atoms with van der Waals surface area (Å²) in [6, 6.07) is 9.43. The van der Waals surface area contributed by atoms with Crippen LogP contribution in [0.3, 0.4) is 0 Å². The van der Waals surface area contributed by atoms with Gasteiger partial charge in [-0.05, 0) is 44.2 Å². The van der Waals surface area contributed by atoms with Crippen LogP contribution in [0, 0.1) is 13.8 Å². The SMILES string of the molecule is Cc1ccc2c(-c3cc4c(CN5CCN(C)CC5)cnc(C)c4o3)cc(=O)oc2c1.Cl.Cl. The van der Waals surface area contributed by atoms with E-state index in [4.69, 9.17) is 8.83 Å². The van der Waals surface area contributed by atoms with Crippen molar-refractivity contribution >= 4 is 46.8 Å². The zero-order valence-corrected chi connectivity index (χ0v) is 20.0. The van der Waals surface area contributed by atoms with E-state index in [0.29, 0.717) is 11.3 Å². The zero-order chi connectivity index (χ0) is 20.8. The number of pyridine rings is 1. The number of rotatable bonds is 3. The van der Waals surface area contributed by atoms with E-state index in [1.54, 1.807) is 0 Å². The van der Waals surface area contributed by atoms with Gasteiger partial charge in [0.05, 0.1) is 5.69 Å². The van der Waals surface area contributed by atoms with Crippen LogP contribution in [-0.2, 0) is 6.54 Å². The lowest BCUT2D eigenvalue weighted by molar-refractivity contribution is 0.148. The van der Waals surface area contributed by atoms with E-state index < -0.39 is 0 Å². The summed E-state index contributed by atoms with van der Waals surface area (Å²) in [7, 11) is 2.16. The van der Waals surface area contributed by atoms with E-state index in [1.807, 2.05) is 44.3 Å². The second-order valence-corrected chi connectivity index (χ2v) is 8.28. The van der Waals surface area contributed by atoms with Gasteiger partial charge in [0.25, 0.3) is 0 Å². The summed E-state index contributed by atoms with van der Waals surface area (Å²) in [5.41, 5.74) is 4.77. The fraction of sp³-hybridized carbons (Fsp3) is 0.333. The first-order valence-corrected chi connectivity index (χ1v) is 10.3. The number of nitrogens with zero attached hydrogens (tertiary/aromatic N) is 3. The number of piperazine rings is 1. The number of aryl methyl sites for hydroxylation is 2. The summed E-state index contributed by atoms with van der Waals surface area (Å²) < 4.78 is 11.7. The third kappa shape index (κ3) is 4.55. The normalized spacial score (nSPS) is 15.0. The third-order valence-electron chi connectivity index (χ3n) is 5.98. The van der Waals surface area contributed by atoms with Crippen LogP contribution in [0.1, 0.15) is 16.8 Å². The molecule has 5 rings (SSSR count). The highest BCUT2D eigenvalue weighted by atomic mass is 35.5. The molecule has 1 aliphatic heterocycles. The van der Waals surface area contributed by atoms with Crippen LogP contribution in [0.15, 0.2) is 50.2 Å². The molecule has 8 heteroatoms. The van der Waals surface area contributed by atoms with Crippen LogP contribution in [0.25, 0.3) is 33.3 Å². The van der Waals surface area contributed by atoms with E-state index in [-0.39, 0.29) is 30.4 Å². The van der Waals surface area contributed by atoms with Crippen LogP contribution < -0.4 is 5.63 Å². The Kier molecular flexibility index (Phi) is 7.30. The van der Waals surface area contributed by atoms with Crippen LogP contribution in [0.4, 0.5) is 0 Å². The largest absolute Gasteiger partial charge is 0.454 e. The molecule has 0 aliphatic carbocycles. The molecule has 0 spiro atoms. The number of halogens is 2. The standard InChI is InChI=1S/C24H25N3O3.2ClH/c1-15-4-5-18-20(12-23(28)29-21(18)10-15)22-11-19-17(13-25-16(2)24(19)30-22)14-27-8-6-26(3)7-9-27;;/h4-5,10-13H,6-9,14H2,1-3H3;2*1H. The van der Waals surface area contributed by atoms with Gasteiger partial charge in [-0.25, -0.2) is 4.79 Å². The van der Waals surface area contributed by atoms with Gasteiger partial charge in [0.2, 0.25) is 0 Å². The first-order chi connectivity index (χ1) is 14.5. The lowest BCUT2D eigenvalue weighted by Gasteiger charge is -2.32. The molecule has 0 unspecified atom stereocenters. The summed E-state index contributed by atoms with van der Waals surface area (Å²) in [4.78, 5) is 21.6. The number of furan rings is 1. The average molecular weight is 476 g/mol. The van der Waals surface area contributed by atoms with Crippen LogP contribution in [0.2, 0.25) is 0 Å². The Labute approximate surface area is 199 Å². The van der Waals surface area contributed by atoms with Crippen molar-refractivity contribution in [2.45, 2.75) is 20.4 Å². The Morgan fingerprint density at radius 2 is 1.72 bits per heavy atom. The van der Waals surface area contributed by atoms with Gasteiger partial charge < -0.3 is 13.7 Å². The number of aromatic nitrogens is 1. The fourth-order valence-corrected chi connectivity index (χ4v) is 4.18. The first-order valence-electron chi connectivity index (χ1n) is 10.3. The van der Waals surface area contributed by atoms with E-state index in [0.717, 1.165) is 71.5 Å². The van der Waals surface area contributed by atoms with Gasteiger partial charge in [0.15, 0.2) is 5.58 Å². The van der Waals surface area contributed by atoms with Crippen molar-refractivity contribution in [1.29, 1.82) is 0 Å². The van der Waals surface area contributed by atoms with Gasteiger partial charge in [0.1, 0.15) is 11.3 Å². The van der Waals surface area contributed by atoms with Crippen molar-refractivity contribution in [2.75, 3.05) is 33.2 Å². The summed E-state index contributed by atoms with van der Waals surface area (Å²) in [6.07, 6.45) is 1.95. The number of fused-ring (bicyclic) bond motifs is 2. The predicted octanol–water partition coefficient (Wildman–Crippen LogP) is 4.81. The van der Waals surface area contributed by atoms with Gasteiger partial charge in [-0.3, -0.25) is 9.88 Å². The van der Waals surface area contributed by atoms with Crippen molar-refractivity contribution < 1.29 is 8.83 Å². The first kappa shape index (κ1) is 24.3. The van der Waals surface area contributed by atoms with Crippen molar-refractivity contribution in [3.05, 3.63) is 63.8 Å². The highest BCUT2D eigenvalue weighted by molar-refractivity contribution is 5.95. The van der Waals surface area contributed by atoms with Crippen molar-refractivity contribution in [1.82, 2.24) is 14.8 Å². The van der Waals surface area contributed by atoms with Gasteiger partial charge in [-0.2, -0.15) is 0 Å². The summed E-state index contributed by atoms with van der Waals surface area (Å²) >= 11 is 0. The molecule has 4 aromatic rings. The van der Waals surface area contributed by atoms with E-state index in [2.05, 4.69) is 21.8 Å². The molecule has 3 aromatic heterocycles. The molecule has 4 heterocycles. The molecule has 1 aliphatic rings. The second-order valence-electron chi connectivity index (χ2n) is 8.28. The minimum absolute atomic E-state index is 0. The molecule has 0 atom stereocenters. The monoisotopic (exact) mass is 475 g/mol. The van der Waals surface area contributed by atoms with Crippen LogP contribution in [-0.4, -0.2) is 48.0 Å². The van der Waals surface area contributed by atoms with Crippen molar-refractivity contribution in [2.24, 2.45) is 0 Å². The number of likely N-dealkylation sites (N-methyl/N-ethyl adjacent to an activating group) is 1. The average Bonchev–Trinajstić information content (AvgIpc) is 3.17. The Balaban J connectivity index is 0.00000144. The maximum absolute atomic E-state index is 12.2. The molecule has 6 nitrogen and oxygen atoms in total. The molecule has 0 N–H and O–H groups in total. The highest BCUT2D eigenvalue weighted by Crippen LogP contribution is 2.34. The maximum Gasteiger partial charge on any atom is 0.336 e. The molecule has 0 amide bonds. The number of hydrogen-bond acceptors (Lipinski definition) is 6. The topological polar surface area (TPSA) is 62.7 Å². The Hall–Kier alpha value is -2.38. The van der Waals surface area contributed by atoms with Gasteiger partial charge in [-0.1, -0.05) is 12.1 Å². The van der Waals surface area contributed by atoms with Crippen molar-refractivity contribution in [3.8, 4) is 11.3 Å². The van der Waals surface area contributed by atoms with Crippen LogP contribution in [0.5, 0.6) is 0 Å². The van der Waals surface area contributed by atoms with Crippen molar-refractivity contribution in [3.63, 3.8) is 0 Å². The Bertz CT molecular complexity index is 1310. The van der Waals surface area contributed by atoms with Crippen LogP contribution >= 0.6 is 24.8 Å². The van der Waals surface area contributed by atoms with E-state index in [1.165, 1.54) is 6.07 Å². The van der Waals surface area contributed by atoms with Gasteiger partial charge in [0, 0.05) is 61.3 Å². The molecule has 1 fully saturated rings. The zero-order valence-electron chi connectivity index (χ0n) is 18.4. The maximum atomic E-state index is 12.2. The van der Waals surface area contributed by atoms with E-state index >= 15 is 0 Å². The van der Waals surface area contributed by atoms with E-state index in [9.17, 15) is 4.79 Å². The molecule has 1 saturated heterocycles. The summed E-state index contributed by atoms with van der Waals surface area (Å²) in [6.45, 7) is 9.01. The minimum Gasteiger partial charge on any atom is -0.454 e. The molecular weight excluding hydrogens is 449 g/mol. The molecule has 0 radical (unpaired) electrons. The quantitative estimate of drug-likeness (QED) is 0.396. The lowest BCUT2D eigenvalue weighted by Crippen LogP contribution is -2.43. The summed E-state index contributed by atoms with van der Waals surface area (Å²) in [5.74, 6) is 0.669. The Morgan fingerprint density at radius 1 is 0.969 bits per heavy atom. The number of hydrogen-bond donors (Lipinski definition) is 0. The summed E-state index contributed by atoms with van der Waals surface area (Å²) in [5, 5.41) is 1.93. The Morgan fingerprint density at radius 3 is 2.47 bits per heavy atom. The lowest BCUT2D eigenvalue weighted by atomic mass is 10.1. The number of benzene rings is 1. The predicted molar refractivity (Wildman–Crippen MR) is 132 cm³/mol. The third-order valence-corrected chi connectivity index (χ3v) is 5.98.